The van der Waals surface area contributed by atoms with Gasteiger partial charge in [0.05, 0.1) is 12.4 Å². The quantitative estimate of drug-likeness (QED) is 0.138. The van der Waals surface area contributed by atoms with E-state index in [1.807, 2.05) is 0 Å². The molecule has 1 aliphatic heterocycles. The van der Waals surface area contributed by atoms with Crippen LogP contribution in [0.5, 0.6) is 0 Å². The van der Waals surface area contributed by atoms with E-state index in [1.54, 1.807) is 0 Å². The van der Waals surface area contributed by atoms with Crippen LogP contribution in [0.15, 0.2) is 12.5 Å². The smallest absolute Gasteiger partial charge is 0.326 e. The summed E-state index contributed by atoms with van der Waals surface area (Å²) in [7, 11) is 0. The molecule has 15 heteroatoms. The van der Waals surface area contributed by atoms with Gasteiger partial charge in [0, 0.05) is 37.7 Å². The van der Waals surface area contributed by atoms with Crippen molar-refractivity contribution in [2.45, 2.75) is 69.1 Å². The monoisotopic (exact) mass is 509 g/mol. The van der Waals surface area contributed by atoms with E-state index in [0.29, 0.717) is 12.1 Å². The van der Waals surface area contributed by atoms with Gasteiger partial charge in [-0.3, -0.25) is 24.0 Å². The van der Waals surface area contributed by atoms with Crippen LogP contribution in [-0.4, -0.2) is 91.4 Å². The summed E-state index contributed by atoms with van der Waals surface area (Å²) in [6, 6.07) is -4.73. The van der Waals surface area contributed by atoms with Crippen molar-refractivity contribution in [1.82, 2.24) is 25.5 Å². The zero-order valence-electron chi connectivity index (χ0n) is 19.5. The van der Waals surface area contributed by atoms with Gasteiger partial charge in [0.25, 0.3) is 0 Å². The van der Waals surface area contributed by atoms with E-state index < -0.39 is 66.2 Å². The molecule has 198 valence electrons. The molecule has 1 aromatic rings. The number of nitrogens with two attached hydrogens (primary N) is 2. The number of carbonyl (C=O) groups excluding carboxylic acids is 4. The minimum atomic E-state index is -1.37. The SMILES string of the molecule is NC(=O)CCC(N)C(=O)N1CCCC1C(=O)NC(CCC(=O)O)C(=O)NC(Cc1cnc[nH]1)C(=O)O. The zero-order chi connectivity index (χ0) is 26.8. The van der Waals surface area contributed by atoms with E-state index in [4.69, 9.17) is 16.6 Å². The number of carboxylic acids is 2. The summed E-state index contributed by atoms with van der Waals surface area (Å²) in [6.45, 7) is 0.235. The van der Waals surface area contributed by atoms with Gasteiger partial charge in [-0.2, -0.15) is 0 Å². The molecule has 0 aromatic carbocycles. The van der Waals surface area contributed by atoms with Gasteiger partial charge in [-0.15, -0.1) is 0 Å². The molecular formula is C21H31N7O8. The Hall–Kier alpha value is -4.01. The average molecular weight is 510 g/mol. The molecule has 9 N–H and O–H groups in total. The summed E-state index contributed by atoms with van der Waals surface area (Å²) in [6.07, 6.45) is 2.54. The summed E-state index contributed by atoms with van der Waals surface area (Å²) in [5, 5.41) is 23.3. The predicted molar refractivity (Wildman–Crippen MR) is 122 cm³/mol. The Labute approximate surface area is 206 Å². The summed E-state index contributed by atoms with van der Waals surface area (Å²) in [5.74, 6) is -5.30. The first kappa shape index (κ1) is 28.2. The first-order valence-electron chi connectivity index (χ1n) is 11.4. The van der Waals surface area contributed by atoms with E-state index in [0.717, 1.165) is 0 Å². The molecule has 1 fully saturated rings. The van der Waals surface area contributed by atoms with Crippen LogP contribution in [0.1, 0.15) is 44.2 Å². The first-order chi connectivity index (χ1) is 17.0. The Morgan fingerprint density at radius 1 is 1.11 bits per heavy atom. The van der Waals surface area contributed by atoms with Crippen molar-refractivity contribution < 1.29 is 39.0 Å². The number of carbonyl (C=O) groups is 6. The number of hydrogen-bond donors (Lipinski definition) is 7. The predicted octanol–water partition coefficient (Wildman–Crippen LogP) is -2.54. The van der Waals surface area contributed by atoms with E-state index in [2.05, 4.69) is 20.6 Å². The van der Waals surface area contributed by atoms with Gasteiger partial charge in [-0.1, -0.05) is 0 Å². The number of H-pyrrole nitrogens is 1. The summed E-state index contributed by atoms with van der Waals surface area (Å²) in [4.78, 5) is 80.1. The number of imidazole rings is 1. The number of hydrogen-bond acceptors (Lipinski definition) is 8. The van der Waals surface area contributed by atoms with Crippen molar-refractivity contribution in [3.05, 3.63) is 18.2 Å². The molecule has 1 saturated heterocycles. The summed E-state index contributed by atoms with van der Waals surface area (Å²) >= 11 is 0. The highest BCUT2D eigenvalue weighted by Crippen LogP contribution is 2.19. The van der Waals surface area contributed by atoms with E-state index in [9.17, 15) is 33.9 Å². The van der Waals surface area contributed by atoms with E-state index >= 15 is 0 Å². The molecule has 0 radical (unpaired) electrons. The Bertz CT molecular complexity index is 967. The van der Waals surface area contributed by atoms with Gasteiger partial charge in [0.2, 0.25) is 23.6 Å². The van der Waals surface area contributed by atoms with Gasteiger partial charge in [0.15, 0.2) is 0 Å². The molecule has 1 aromatic heterocycles. The number of carboxylic acid groups (broad SMARTS) is 2. The number of amides is 4. The second-order valence-electron chi connectivity index (χ2n) is 8.48. The number of aliphatic carboxylic acids is 2. The van der Waals surface area contributed by atoms with E-state index in [-0.39, 0.29) is 38.6 Å². The van der Waals surface area contributed by atoms with Crippen molar-refractivity contribution in [2.75, 3.05) is 6.54 Å². The molecule has 2 rings (SSSR count). The molecule has 36 heavy (non-hydrogen) atoms. The average Bonchev–Trinajstić information content (AvgIpc) is 3.51. The van der Waals surface area contributed by atoms with Crippen molar-refractivity contribution >= 4 is 35.6 Å². The van der Waals surface area contributed by atoms with Crippen LogP contribution in [0.4, 0.5) is 0 Å². The number of nitrogens with one attached hydrogen (secondary N) is 3. The Balaban J connectivity index is 2.09. The van der Waals surface area contributed by atoms with Crippen molar-refractivity contribution in [3.63, 3.8) is 0 Å². The number of likely N-dealkylation sites (tertiary alicyclic amines) is 1. The number of aromatic nitrogens is 2. The standard InChI is InChI=1S/C21H31N7O8/c22-12(3-5-16(23)29)20(34)28-7-1-2-15(28)19(33)26-13(4-6-17(30)31)18(32)27-14(21(35)36)8-11-9-24-10-25-11/h9-10,12-15H,1-8,22H2,(H2,23,29)(H,24,25)(H,26,33)(H,27,32)(H,30,31)(H,35,36). The molecule has 4 unspecified atom stereocenters. The second-order valence-corrected chi connectivity index (χ2v) is 8.48. The van der Waals surface area contributed by atoms with Crippen LogP contribution in [0, 0.1) is 0 Å². The third-order valence-electron chi connectivity index (χ3n) is 5.73. The third-order valence-corrected chi connectivity index (χ3v) is 5.73. The lowest BCUT2D eigenvalue weighted by atomic mass is 10.1. The van der Waals surface area contributed by atoms with Crippen LogP contribution in [-0.2, 0) is 35.2 Å². The maximum absolute atomic E-state index is 13.0. The maximum atomic E-state index is 13.0. The van der Waals surface area contributed by atoms with Gasteiger partial charge >= 0.3 is 11.9 Å². The lowest BCUT2D eigenvalue weighted by molar-refractivity contribution is -0.143. The van der Waals surface area contributed by atoms with Crippen LogP contribution in [0.3, 0.4) is 0 Å². The zero-order valence-corrected chi connectivity index (χ0v) is 19.5. The highest BCUT2D eigenvalue weighted by Gasteiger charge is 2.38. The largest absolute Gasteiger partial charge is 0.481 e. The van der Waals surface area contributed by atoms with Gasteiger partial charge in [-0.25, -0.2) is 9.78 Å². The fourth-order valence-corrected chi connectivity index (χ4v) is 3.83. The molecule has 0 saturated carbocycles. The third kappa shape index (κ3) is 8.33. The molecule has 0 aliphatic carbocycles. The van der Waals surface area contributed by atoms with E-state index in [1.165, 1.54) is 17.4 Å². The van der Waals surface area contributed by atoms with Gasteiger partial charge in [0.1, 0.15) is 18.1 Å². The molecule has 15 nitrogen and oxygen atoms in total. The van der Waals surface area contributed by atoms with Crippen molar-refractivity contribution in [2.24, 2.45) is 11.5 Å². The Morgan fingerprint density at radius 2 is 1.83 bits per heavy atom. The van der Waals surface area contributed by atoms with Gasteiger partial charge < -0.3 is 42.2 Å². The fraction of sp³-hybridized carbons (Fsp3) is 0.571. The van der Waals surface area contributed by atoms with Crippen LogP contribution >= 0.6 is 0 Å². The molecular weight excluding hydrogens is 478 g/mol. The van der Waals surface area contributed by atoms with Gasteiger partial charge in [-0.05, 0) is 25.7 Å². The summed E-state index contributed by atoms with van der Waals surface area (Å²) < 4.78 is 0. The minimum Gasteiger partial charge on any atom is -0.481 e. The highest BCUT2D eigenvalue weighted by molar-refractivity contribution is 5.94. The van der Waals surface area contributed by atoms with Crippen molar-refractivity contribution in [1.29, 1.82) is 0 Å². The van der Waals surface area contributed by atoms with Crippen LogP contribution < -0.4 is 22.1 Å². The summed E-state index contributed by atoms with van der Waals surface area (Å²) in [5.41, 5.74) is 11.4. The highest BCUT2D eigenvalue weighted by atomic mass is 16.4. The molecule has 0 bridgehead atoms. The molecule has 2 heterocycles. The molecule has 4 atom stereocenters. The minimum absolute atomic E-state index is 0.00948. The molecule has 0 spiro atoms. The fourth-order valence-electron chi connectivity index (χ4n) is 3.83. The molecule has 4 amide bonds. The topological polar surface area (TPSA) is 251 Å². The maximum Gasteiger partial charge on any atom is 0.326 e. The van der Waals surface area contributed by atoms with Crippen LogP contribution in [0.25, 0.3) is 0 Å². The number of primary amides is 1. The molecule has 1 aliphatic rings. The number of aromatic amines is 1. The second kappa shape index (κ2) is 13.2. The first-order valence-corrected chi connectivity index (χ1v) is 11.4. The Morgan fingerprint density at radius 3 is 2.42 bits per heavy atom. The lowest BCUT2D eigenvalue weighted by Gasteiger charge is -2.28. The number of rotatable bonds is 14. The normalized spacial score (nSPS) is 17.6. The number of nitrogens with zero attached hydrogens (tertiary/aromatic N) is 2. The Kier molecular flexibility index (Phi) is 10.3. The lowest BCUT2D eigenvalue weighted by Crippen LogP contribution is -2.57. The van der Waals surface area contributed by atoms with Crippen molar-refractivity contribution in [3.8, 4) is 0 Å². The van der Waals surface area contributed by atoms with Crippen LogP contribution in [0.2, 0.25) is 0 Å².